The Kier molecular flexibility index (Phi) is 14.3. The van der Waals surface area contributed by atoms with Gasteiger partial charge in [-0.15, -0.1) is 0 Å². The SMILES string of the molecule is CC(C)(C)OC(=O)NC[C@@H](NC(=O)OCc1ccccc1)C(=O)OC1CC1.NC[C@@H](NC(=O)OCc1ccccc1)C(=O)OC1CC1. The van der Waals surface area contributed by atoms with Crippen molar-refractivity contribution in [2.45, 2.75) is 89.6 Å². The second kappa shape index (κ2) is 18.3. The van der Waals surface area contributed by atoms with Crippen molar-refractivity contribution in [1.82, 2.24) is 16.0 Å². The van der Waals surface area contributed by atoms with E-state index < -0.39 is 47.9 Å². The Morgan fingerprint density at radius 2 is 1.13 bits per heavy atom. The van der Waals surface area contributed by atoms with Gasteiger partial charge in [-0.3, -0.25) is 0 Å². The van der Waals surface area contributed by atoms with Crippen LogP contribution in [0.4, 0.5) is 14.4 Å². The van der Waals surface area contributed by atoms with Gasteiger partial charge in [0.1, 0.15) is 43.1 Å². The molecule has 14 heteroatoms. The Labute approximate surface area is 274 Å². The van der Waals surface area contributed by atoms with Crippen LogP contribution in [0.1, 0.15) is 57.6 Å². The fraction of sp³-hybridized carbons (Fsp3) is 0.485. The van der Waals surface area contributed by atoms with Crippen molar-refractivity contribution in [3.8, 4) is 0 Å². The number of hydrogen-bond acceptors (Lipinski definition) is 11. The number of nitrogens with one attached hydrogen (secondary N) is 3. The van der Waals surface area contributed by atoms with Crippen LogP contribution >= 0.6 is 0 Å². The molecular formula is C33H44N4O10. The van der Waals surface area contributed by atoms with Gasteiger partial charge in [0.05, 0.1) is 6.54 Å². The number of rotatable bonds is 13. The van der Waals surface area contributed by atoms with E-state index in [0.29, 0.717) is 0 Å². The molecule has 0 aliphatic heterocycles. The third-order valence-corrected chi connectivity index (χ3v) is 6.28. The maximum Gasteiger partial charge on any atom is 0.408 e. The second-order valence-corrected chi connectivity index (χ2v) is 11.9. The summed E-state index contributed by atoms with van der Waals surface area (Å²) < 4.78 is 25.6. The topological polar surface area (TPSA) is 194 Å². The summed E-state index contributed by atoms with van der Waals surface area (Å²) in [7, 11) is 0. The number of esters is 2. The molecule has 2 aliphatic rings. The molecule has 0 radical (unpaired) electrons. The number of benzene rings is 2. The van der Waals surface area contributed by atoms with Crippen molar-refractivity contribution in [3.05, 3.63) is 71.8 Å². The first-order chi connectivity index (χ1) is 22.4. The molecular weight excluding hydrogens is 612 g/mol. The van der Waals surface area contributed by atoms with Crippen LogP contribution in [0.25, 0.3) is 0 Å². The van der Waals surface area contributed by atoms with Crippen molar-refractivity contribution >= 4 is 30.2 Å². The van der Waals surface area contributed by atoms with E-state index in [0.717, 1.165) is 36.8 Å². The van der Waals surface area contributed by atoms with Crippen LogP contribution in [-0.4, -0.2) is 73.2 Å². The molecule has 3 amide bonds. The average Bonchev–Trinajstić information content (AvgIpc) is 3.98. The summed E-state index contributed by atoms with van der Waals surface area (Å²) in [5.41, 5.74) is 6.47. The first-order valence-corrected chi connectivity index (χ1v) is 15.4. The predicted molar refractivity (Wildman–Crippen MR) is 169 cm³/mol. The molecule has 2 fully saturated rings. The first kappa shape index (κ1) is 36.6. The van der Waals surface area contributed by atoms with Crippen molar-refractivity contribution in [1.29, 1.82) is 0 Å². The molecule has 0 heterocycles. The summed E-state index contributed by atoms with van der Waals surface area (Å²) >= 11 is 0. The van der Waals surface area contributed by atoms with Crippen molar-refractivity contribution in [2.24, 2.45) is 5.73 Å². The number of amides is 3. The third-order valence-electron chi connectivity index (χ3n) is 6.28. The number of hydrogen-bond donors (Lipinski definition) is 4. The number of ether oxygens (including phenoxy) is 5. The van der Waals surface area contributed by atoms with Gasteiger partial charge in [-0.1, -0.05) is 60.7 Å². The maximum atomic E-state index is 12.2. The van der Waals surface area contributed by atoms with Crippen molar-refractivity contribution in [2.75, 3.05) is 13.1 Å². The van der Waals surface area contributed by atoms with E-state index in [2.05, 4.69) is 16.0 Å². The third kappa shape index (κ3) is 15.8. The lowest BCUT2D eigenvalue weighted by molar-refractivity contribution is -0.148. The van der Waals surface area contributed by atoms with E-state index in [1.807, 2.05) is 60.7 Å². The molecule has 2 saturated carbocycles. The Hall–Kier alpha value is -4.85. The summed E-state index contributed by atoms with van der Waals surface area (Å²) in [6.45, 7) is 5.20. The highest BCUT2D eigenvalue weighted by Gasteiger charge is 2.32. The molecule has 2 aromatic carbocycles. The fourth-order valence-corrected chi connectivity index (χ4v) is 3.59. The molecule has 2 atom stereocenters. The summed E-state index contributed by atoms with van der Waals surface area (Å²) in [6.07, 6.45) is 1.07. The monoisotopic (exact) mass is 656 g/mol. The molecule has 47 heavy (non-hydrogen) atoms. The normalized spacial score (nSPS) is 14.9. The molecule has 0 saturated heterocycles. The number of alkyl carbamates (subject to hydrolysis) is 3. The van der Waals surface area contributed by atoms with Crippen LogP contribution in [0.3, 0.4) is 0 Å². The molecule has 2 aliphatic carbocycles. The van der Waals surface area contributed by atoms with Gasteiger partial charge in [0, 0.05) is 6.54 Å². The molecule has 0 aromatic heterocycles. The van der Waals surface area contributed by atoms with Gasteiger partial charge in [0.2, 0.25) is 0 Å². The fourth-order valence-electron chi connectivity index (χ4n) is 3.59. The molecule has 0 unspecified atom stereocenters. The Morgan fingerprint density at radius 3 is 1.53 bits per heavy atom. The van der Waals surface area contributed by atoms with Gasteiger partial charge >= 0.3 is 30.2 Å². The van der Waals surface area contributed by atoms with Crippen LogP contribution in [0.5, 0.6) is 0 Å². The zero-order valence-electron chi connectivity index (χ0n) is 26.9. The van der Waals surface area contributed by atoms with Gasteiger partial charge in [-0.25, -0.2) is 24.0 Å². The second-order valence-electron chi connectivity index (χ2n) is 11.9. The van der Waals surface area contributed by atoms with Crippen LogP contribution in [-0.2, 0) is 46.5 Å². The van der Waals surface area contributed by atoms with Crippen molar-refractivity contribution < 1.29 is 47.7 Å². The first-order valence-electron chi connectivity index (χ1n) is 15.4. The Bertz CT molecular complexity index is 1310. The van der Waals surface area contributed by atoms with Crippen LogP contribution in [0.15, 0.2) is 60.7 Å². The predicted octanol–water partition coefficient (Wildman–Crippen LogP) is 3.46. The van der Waals surface area contributed by atoms with E-state index in [1.54, 1.807) is 20.8 Å². The van der Waals surface area contributed by atoms with E-state index in [9.17, 15) is 24.0 Å². The van der Waals surface area contributed by atoms with E-state index >= 15 is 0 Å². The van der Waals surface area contributed by atoms with Gasteiger partial charge < -0.3 is 45.4 Å². The zero-order valence-corrected chi connectivity index (χ0v) is 26.9. The lowest BCUT2D eigenvalue weighted by Gasteiger charge is -2.22. The molecule has 256 valence electrons. The van der Waals surface area contributed by atoms with E-state index in [-0.39, 0.29) is 38.5 Å². The van der Waals surface area contributed by atoms with Gasteiger partial charge in [0.25, 0.3) is 0 Å². The minimum absolute atomic E-state index is 0.0151. The molecule has 5 N–H and O–H groups in total. The summed E-state index contributed by atoms with van der Waals surface area (Å²) in [5, 5.41) is 7.30. The molecule has 4 rings (SSSR count). The van der Waals surface area contributed by atoms with E-state index in [4.69, 9.17) is 29.4 Å². The average molecular weight is 657 g/mol. The van der Waals surface area contributed by atoms with Gasteiger partial charge in [-0.2, -0.15) is 0 Å². The highest BCUT2D eigenvalue weighted by atomic mass is 16.6. The summed E-state index contributed by atoms with van der Waals surface area (Å²) in [6, 6.07) is 16.5. The molecule has 2 aromatic rings. The summed E-state index contributed by atoms with van der Waals surface area (Å²) in [4.78, 5) is 59.3. The minimum atomic E-state index is -1.07. The number of carbonyl (C=O) groups excluding carboxylic acids is 5. The van der Waals surface area contributed by atoms with Gasteiger partial charge in [0.15, 0.2) is 0 Å². The van der Waals surface area contributed by atoms with Crippen LogP contribution < -0.4 is 21.7 Å². The standard InChI is InChI=1S/C19H26N2O6.C14H18N2O4/c1-19(2,3)27-17(23)20-11-15(16(22)26-14-9-10-14)21-18(24)25-12-13-7-5-4-6-8-13;15-8-12(13(17)20-11-6-7-11)16-14(18)19-9-10-4-2-1-3-5-10/h4-8,14-15H,9-12H2,1-3H3,(H,20,23)(H,21,24);1-5,11-12H,6-9,15H2,(H,16,18)/t15-;12-/m11/s1. The smallest absolute Gasteiger partial charge is 0.408 e. The lowest BCUT2D eigenvalue weighted by atomic mass is 10.2. The number of nitrogens with two attached hydrogens (primary N) is 1. The molecule has 0 bridgehead atoms. The summed E-state index contributed by atoms with van der Waals surface area (Å²) in [5.74, 6) is -1.13. The van der Waals surface area contributed by atoms with Crippen LogP contribution in [0.2, 0.25) is 0 Å². The molecule has 14 nitrogen and oxygen atoms in total. The Morgan fingerprint density at radius 1 is 0.702 bits per heavy atom. The van der Waals surface area contributed by atoms with E-state index in [1.165, 1.54) is 0 Å². The highest BCUT2D eigenvalue weighted by molar-refractivity contribution is 5.83. The highest BCUT2D eigenvalue weighted by Crippen LogP contribution is 2.24. The van der Waals surface area contributed by atoms with Crippen LogP contribution in [0, 0.1) is 0 Å². The minimum Gasteiger partial charge on any atom is -0.461 e. The Balaban J connectivity index is 0.000000267. The lowest BCUT2D eigenvalue weighted by Crippen LogP contribution is -2.50. The van der Waals surface area contributed by atoms with Crippen molar-refractivity contribution in [3.63, 3.8) is 0 Å². The maximum absolute atomic E-state index is 12.2. The zero-order chi connectivity index (χ0) is 34.2. The quantitative estimate of drug-likeness (QED) is 0.182. The molecule has 0 spiro atoms. The largest absolute Gasteiger partial charge is 0.461 e. The van der Waals surface area contributed by atoms with Gasteiger partial charge in [-0.05, 0) is 57.6 Å². The number of carbonyl (C=O) groups is 5.